The molecule has 0 spiro atoms. The van der Waals surface area contributed by atoms with E-state index in [-0.39, 0.29) is 17.6 Å². The van der Waals surface area contributed by atoms with Crippen LogP contribution in [0.2, 0.25) is 0 Å². The highest BCUT2D eigenvalue weighted by Gasteiger charge is 2.44. The van der Waals surface area contributed by atoms with E-state index in [0.717, 1.165) is 22.3 Å². The first kappa shape index (κ1) is 17.7. The predicted molar refractivity (Wildman–Crippen MR) is 91.1 cm³/mol. The van der Waals surface area contributed by atoms with E-state index in [0.29, 0.717) is 0 Å². The minimum absolute atomic E-state index is 0.00776. The summed E-state index contributed by atoms with van der Waals surface area (Å²) in [6, 6.07) is 15.5. The van der Waals surface area contributed by atoms with Gasteiger partial charge < -0.3 is 19.5 Å². The fraction of sp³-hybridized carbons (Fsp3) is 0.200. The van der Waals surface area contributed by atoms with Crippen LogP contribution in [0.5, 0.6) is 0 Å². The Labute approximate surface area is 159 Å². The highest BCUT2D eigenvalue weighted by atomic mass is 16.8. The monoisotopic (exact) mass is 380 g/mol. The van der Waals surface area contributed by atoms with Crippen LogP contribution in [-0.2, 0) is 24.0 Å². The minimum atomic E-state index is -2.06. The van der Waals surface area contributed by atoms with Gasteiger partial charge in [-0.15, -0.1) is 0 Å². The SMILES string of the molecule is O=C([O-])ON1C(=O)CC(C(=O)OCC2c3ccccc3-c3ccccc32)C1=O. The first-order valence-electron chi connectivity index (χ1n) is 8.58. The molecule has 8 heteroatoms. The van der Waals surface area contributed by atoms with Gasteiger partial charge in [-0.05, 0) is 22.3 Å². The number of nitrogens with zero attached hydrogens (tertiary/aromatic N) is 1. The van der Waals surface area contributed by atoms with E-state index in [1.54, 1.807) is 0 Å². The van der Waals surface area contributed by atoms with Gasteiger partial charge >= 0.3 is 5.97 Å². The van der Waals surface area contributed by atoms with Gasteiger partial charge in [-0.25, -0.2) is 0 Å². The van der Waals surface area contributed by atoms with Gasteiger partial charge in [-0.3, -0.25) is 14.4 Å². The molecule has 28 heavy (non-hydrogen) atoms. The molecule has 0 aromatic heterocycles. The molecule has 0 N–H and O–H groups in total. The highest BCUT2D eigenvalue weighted by Crippen LogP contribution is 2.44. The van der Waals surface area contributed by atoms with Crippen molar-refractivity contribution in [1.29, 1.82) is 0 Å². The van der Waals surface area contributed by atoms with Crippen LogP contribution < -0.4 is 5.11 Å². The van der Waals surface area contributed by atoms with Crippen molar-refractivity contribution in [3.8, 4) is 11.1 Å². The van der Waals surface area contributed by atoms with Gasteiger partial charge in [0, 0.05) is 5.92 Å². The fourth-order valence-electron chi connectivity index (χ4n) is 3.67. The zero-order valence-electron chi connectivity index (χ0n) is 14.5. The summed E-state index contributed by atoms with van der Waals surface area (Å²) in [6.07, 6.45) is -2.57. The minimum Gasteiger partial charge on any atom is -0.464 e. The standard InChI is InChI=1S/C20H15NO7/c22-17-9-15(18(23)21(17)28-20(25)26)19(24)27-10-16-13-7-3-1-5-11(13)12-6-2-4-8-14(12)16/h1-8,15-16H,9-10H2,(H,25,26)/p-1. The summed E-state index contributed by atoms with van der Waals surface area (Å²) in [5.41, 5.74) is 4.12. The summed E-state index contributed by atoms with van der Waals surface area (Å²) in [6.45, 7) is -0.00776. The molecule has 0 saturated carbocycles. The number of hydrogen-bond donors (Lipinski definition) is 0. The Morgan fingerprint density at radius 3 is 2.14 bits per heavy atom. The number of ether oxygens (including phenoxy) is 1. The lowest BCUT2D eigenvalue weighted by Crippen LogP contribution is -2.39. The van der Waals surface area contributed by atoms with E-state index in [1.807, 2.05) is 48.5 Å². The smallest absolute Gasteiger partial charge is 0.319 e. The maximum atomic E-state index is 12.4. The van der Waals surface area contributed by atoms with Crippen molar-refractivity contribution in [2.24, 2.45) is 5.92 Å². The van der Waals surface area contributed by atoms with Gasteiger partial charge in [0.2, 0.25) is 5.91 Å². The Balaban J connectivity index is 1.49. The highest BCUT2D eigenvalue weighted by molar-refractivity contribution is 6.12. The maximum absolute atomic E-state index is 12.4. The number of carbonyl (C=O) groups is 4. The zero-order valence-corrected chi connectivity index (χ0v) is 14.5. The summed E-state index contributed by atoms with van der Waals surface area (Å²) in [4.78, 5) is 50.6. The molecule has 1 aliphatic carbocycles. The first-order valence-corrected chi connectivity index (χ1v) is 8.58. The summed E-state index contributed by atoms with van der Waals surface area (Å²) in [5, 5.41) is 10.5. The largest absolute Gasteiger partial charge is 0.464 e. The molecule has 0 bridgehead atoms. The van der Waals surface area contributed by atoms with Crippen LogP contribution in [0.1, 0.15) is 23.5 Å². The lowest BCUT2D eigenvalue weighted by molar-refractivity contribution is -0.306. The Morgan fingerprint density at radius 1 is 1.00 bits per heavy atom. The second-order valence-electron chi connectivity index (χ2n) is 6.48. The number of hydroxylamine groups is 2. The zero-order chi connectivity index (χ0) is 19.8. The van der Waals surface area contributed by atoms with Gasteiger partial charge in [-0.1, -0.05) is 48.5 Å². The molecule has 2 aromatic rings. The summed E-state index contributed by atoms with van der Waals surface area (Å²) < 4.78 is 5.34. The molecule has 1 heterocycles. The molecule has 8 nitrogen and oxygen atoms in total. The van der Waals surface area contributed by atoms with Crippen LogP contribution in [0.15, 0.2) is 48.5 Å². The predicted octanol–water partition coefficient (Wildman–Crippen LogP) is 0.992. The molecule has 1 unspecified atom stereocenters. The van der Waals surface area contributed by atoms with E-state index < -0.39 is 36.3 Å². The third-order valence-electron chi connectivity index (χ3n) is 4.91. The van der Waals surface area contributed by atoms with E-state index in [9.17, 15) is 24.3 Å². The molecule has 4 rings (SSSR count). The number of benzene rings is 2. The van der Waals surface area contributed by atoms with Crippen molar-refractivity contribution >= 4 is 23.9 Å². The van der Waals surface area contributed by atoms with E-state index in [2.05, 4.69) is 4.84 Å². The molecule has 1 saturated heterocycles. The lowest BCUT2D eigenvalue weighted by atomic mass is 9.98. The van der Waals surface area contributed by atoms with Crippen LogP contribution in [0.25, 0.3) is 11.1 Å². The normalized spacial score (nSPS) is 18.0. The van der Waals surface area contributed by atoms with E-state index in [4.69, 9.17) is 4.74 Å². The van der Waals surface area contributed by atoms with Crippen LogP contribution in [0.4, 0.5) is 4.79 Å². The summed E-state index contributed by atoms with van der Waals surface area (Å²) >= 11 is 0. The Bertz CT molecular complexity index is 954. The number of carbonyl (C=O) groups excluding carboxylic acids is 4. The van der Waals surface area contributed by atoms with Gasteiger partial charge in [0.15, 0.2) is 0 Å². The van der Waals surface area contributed by atoms with Gasteiger partial charge in [-0.2, -0.15) is 5.06 Å². The van der Waals surface area contributed by atoms with Crippen LogP contribution in [-0.4, -0.2) is 35.6 Å². The molecule has 2 aromatic carbocycles. The average molecular weight is 380 g/mol. The van der Waals surface area contributed by atoms with Crippen molar-refractivity contribution in [2.45, 2.75) is 12.3 Å². The molecular formula is C20H14NO7-. The van der Waals surface area contributed by atoms with E-state index >= 15 is 0 Å². The molecule has 2 amide bonds. The topological polar surface area (TPSA) is 113 Å². The molecule has 0 radical (unpaired) electrons. The third kappa shape index (κ3) is 2.88. The Morgan fingerprint density at radius 2 is 1.57 bits per heavy atom. The molecule has 1 atom stereocenters. The van der Waals surface area contributed by atoms with Crippen LogP contribution >= 0.6 is 0 Å². The van der Waals surface area contributed by atoms with E-state index in [1.165, 1.54) is 0 Å². The number of esters is 1. The van der Waals surface area contributed by atoms with Crippen molar-refractivity contribution < 1.29 is 33.9 Å². The fourth-order valence-corrected chi connectivity index (χ4v) is 3.67. The number of fused-ring (bicyclic) bond motifs is 3. The molecule has 1 fully saturated rings. The average Bonchev–Trinajstić information content (AvgIpc) is 3.15. The molecule has 142 valence electrons. The summed E-state index contributed by atoms with van der Waals surface area (Å²) in [5.74, 6) is -4.54. The second kappa shape index (κ2) is 6.80. The van der Waals surface area contributed by atoms with Crippen LogP contribution in [0, 0.1) is 5.92 Å². The molecule has 1 aliphatic heterocycles. The van der Waals surface area contributed by atoms with Gasteiger partial charge in [0.05, 0.1) is 6.42 Å². The summed E-state index contributed by atoms with van der Waals surface area (Å²) in [7, 11) is 0. The first-order chi connectivity index (χ1) is 13.5. The Hall–Kier alpha value is -3.68. The third-order valence-corrected chi connectivity index (χ3v) is 4.91. The molecule has 2 aliphatic rings. The van der Waals surface area contributed by atoms with Crippen molar-refractivity contribution in [3.05, 3.63) is 59.7 Å². The quantitative estimate of drug-likeness (QED) is 0.442. The van der Waals surface area contributed by atoms with Gasteiger partial charge in [0.25, 0.3) is 12.1 Å². The van der Waals surface area contributed by atoms with Crippen molar-refractivity contribution in [2.75, 3.05) is 6.61 Å². The number of hydrogen-bond acceptors (Lipinski definition) is 7. The number of rotatable bonds is 4. The Kier molecular flexibility index (Phi) is 4.31. The van der Waals surface area contributed by atoms with Gasteiger partial charge in [0.1, 0.15) is 12.5 Å². The number of amides is 2. The lowest BCUT2D eigenvalue weighted by Gasteiger charge is -2.18. The van der Waals surface area contributed by atoms with Crippen molar-refractivity contribution in [3.63, 3.8) is 0 Å². The van der Waals surface area contributed by atoms with Crippen LogP contribution in [0.3, 0.4) is 0 Å². The van der Waals surface area contributed by atoms with Crippen molar-refractivity contribution in [1.82, 2.24) is 5.06 Å². The number of imide groups is 1. The maximum Gasteiger partial charge on any atom is 0.319 e. The number of carboxylic acid groups (broad SMARTS) is 1. The molecular weight excluding hydrogens is 366 g/mol. The second-order valence-corrected chi connectivity index (χ2v) is 6.48.